The predicted octanol–water partition coefficient (Wildman–Crippen LogP) is 3.49. The molecular weight excluding hydrogens is 282 g/mol. The monoisotopic (exact) mass is 301 g/mol. The third-order valence-corrected chi connectivity index (χ3v) is 3.87. The highest BCUT2D eigenvalue weighted by atomic mass is 32.2. The van der Waals surface area contributed by atoms with Gasteiger partial charge in [-0.2, -0.15) is 0 Å². The fourth-order valence-corrected chi connectivity index (χ4v) is 2.61. The molecular formula is C17H19NO2S. The van der Waals surface area contributed by atoms with E-state index in [0.29, 0.717) is 18.9 Å². The van der Waals surface area contributed by atoms with E-state index >= 15 is 0 Å². The zero-order valence-electron chi connectivity index (χ0n) is 12.0. The Labute approximate surface area is 129 Å². The van der Waals surface area contributed by atoms with Gasteiger partial charge in [0.1, 0.15) is 5.75 Å². The van der Waals surface area contributed by atoms with Crippen LogP contribution >= 0.6 is 11.8 Å². The van der Waals surface area contributed by atoms with Crippen molar-refractivity contribution in [3.63, 3.8) is 0 Å². The number of ether oxygens (including phenoxy) is 1. The van der Waals surface area contributed by atoms with Gasteiger partial charge in [-0.15, -0.1) is 11.8 Å². The number of hydrogen-bond donors (Lipinski definition) is 1. The van der Waals surface area contributed by atoms with Crippen molar-refractivity contribution in [3.05, 3.63) is 60.2 Å². The van der Waals surface area contributed by atoms with Crippen LogP contribution in [-0.4, -0.2) is 18.3 Å². The Balaban J connectivity index is 1.81. The molecule has 0 atom stereocenters. The quantitative estimate of drug-likeness (QED) is 0.796. The molecule has 21 heavy (non-hydrogen) atoms. The van der Waals surface area contributed by atoms with Crippen molar-refractivity contribution in [2.24, 2.45) is 0 Å². The molecule has 2 rings (SSSR count). The summed E-state index contributed by atoms with van der Waals surface area (Å²) in [4.78, 5) is 13.0. The van der Waals surface area contributed by atoms with Crippen LogP contribution in [0.15, 0.2) is 59.5 Å². The molecule has 4 heteroatoms. The Morgan fingerprint density at radius 1 is 1.10 bits per heavy atom. The maximum atomic E-state index is 11.9. The third kappa shape index (κ3) is 5.16. The van der Waals surface area contributed by atoms with Crippen molar-refractivity contribution in [2.45, 2.75) is 18.4 Å². The highest BCUT2D eigenvalue weighted by Crippen LogP contribution is 2.18. The second kappa shape index (κ2) is 8.37. The van der Waals surface area contributed by atoms with Gasteiger partial charge in [0, 0.05) is 17.0 Å². The zero-order chi connectivity index (χ0) is 14.9. The van der Waals surface area contributed by atoms with Crippen LogP contribution in [0.25, 0.3) is 0 Å². The maximum absolute atomic E-state index is 11.9. The van der Waals surface area contributed by atoms with Crippen molar-refractivity contribution in [2.75, 3.05) is 12.4 Å². The number of carbonyl (C=O) groups is 1. The highest BCUT2D eigenvalue weighted by Gasteiger charge is 2.06. The third-order valence-electron chi connectivity index (χ3n) is 2.86. The molecule has 110 valence electrons. The Kier molecular flexibility index (Phi) is 6.16. The number of rotatable bonds is 7. The van der Waals surface area contributed by atoms with Gasteiger partial charge in [0.25, 0.3) is 0 Å². The van der Waals surface area contributed by atoms with Crippen molar-refractivity contribution < 1.29 is 9.53 Å². The lowest BCUT2D eigenvalue weighted by Gasteiger charge is -2.10. The van der Waals surface area contributed by atoms with E-state index in [0.717, 1.165) is 16.2 Å². The first-order chi connectivity index (χ1) is 10.3. The van der Waals surface area contributed by atoms with Gasteiger partial charge in [-0.25, -0.2) is 0 Å². The Morgan fingerprint density at radius 3 is 2.57 bits per heavy atom. The number of benzene rings is 2. The van der Waals surface area contributed by atoms with Crippen LogP contribution in [0.2, 0.25) is 0 Å². The number of nitrogens with one attached hydrogen (secondary N) is 1. The molecule has 0 fully saturated rings. The molecule has 3 nitrogen and oxygen atoms in total. The minimum Gasteiger partial charge on any atom is -0.494 e. The first kappa shape index (κ1) is 15.4. The first-order valence-electron chi connectivity index (χ1n) is 6.95. The number of thioether (sulfide) groups is 1. The van der Waals surface area contributed by atoms with E-state index in [9.17, 15) is 4.79 Å². The van der Waals surface area contributed by atoms with Crippen LogP contribution in [0.5, 0.6) is 5.75 Å². The molecule has 0 aliphatic rings. The first-order valence-corrected chi connectivity index (χ1v) is 7.93. The zero-order valence-corrected chi connectivity index (χ0v) is 12.9. The standard InChI is InChI=1S/C17H19NO2S/c1-2-20-16-11-7-6-8-14(16)12-18-17(19)13-21-15-9-4-3-5-10-15/h3-11H,2,12-13H2,1H3,(H,18,19). The van der Waals surface area contributed by atoms with Crippen LogP contribution in [0, 0.1) is 0 Å². The molecule has 0 bridgehead atoms. The molecule has 0 radical (unpaired) electrons. The summed E-state index contributed by atoms with van der Waals surface area (Å²) in [7, 11) is 0. The minimum atomic E-state index is 0.0233. The van der Waals surface area contributed by atoms with Crippen molar-refractivity contribution in [1.82, 2.24) is 5.32 Å². The number of amides is 1. The van der Waals surface area contributed by atoms with Crippen LogP contribution in [0.3, 0.4) is 0 Å². The Hall–Kier alpha value is -1.94. The SMILES string of the molecule is CCOc1ccccc1CNC(=O)CSc1ccccc1. The summed E-state index contributed by atoms with van der Waals surface area (Å²) >= 11 is 1.53. The van der Waals surface area contributed by atoms with Gasteiger partial charge in [0.2, 0.25) is 5.91 Å². The van der Waals surface area contributed by atoms with Gasteiger partial charge >= 0.3 is 0 Å². The van der Waals surface area contributed by atoms with Gasteiger partial charge in [-0.05, 0) is 25.1 Å². The van der Waals surface area contributed by atoms with Gasteiger partial charge in [0.05, 0.1) is 12.4 Å². The van der Waals surface area contributed by atoms with Gasteiger partial charge in [-0.1, -0.05) is 36.4 Å². The van der Waals surface area contributed by atoms with E-state index < -0.39 is 0 Å². The molecule has 0 aliphatic carbocycles. The molecule has 0 unspecified atom stereocenters. The average Bonchev–Trinajstić information content (AvgIpc) is 2.53. The van der Waals surface area contributed by atoms with Gasteiger partial charge < -0.3 is 10.1 Å². The number of para-hydroxylation sites is 1. The van der Waals surface area contributed by atoms with Crippen molar-refractivity contribution >= 4 is 17.7 Å². The van der Waals surface area contributed by atoms with Crippen molar-refractivity contribution in [1.29, 1.82) is 0 Å². The fraction of sp³-hybridized carbons (Fsp3) is 0.235. The summed E-state index contributed by atoms with van der Waals surface area (Å²) < 4.78 is 5.54. The van der Waals surface area contributed by atoms with Crippen LogP contribution in [0.4, 0.5) is 0 Å². The second-order valence-electron chi connectivity index (χ2n) is 4.42. The molecule has 0 heterocycles. The summed E-state index contributed by atoms with van der Waals surface area (Å²) in [6.07, 6.45) is 0. The summed E-state index contributed by atoms with van der Waals surface area (Å²) in [5.74, 6) is 1.27. The van der Waals surface area contributed by atoms with Crippen LogP contribution < -0.4 is 10.1 Å². The lowest BCUT2D eigenvalue weighted by atomic mass is 10.2. The highest BCUT2D eigenvalue weighted by molar-refractivity contribution is 8.00. The van der Waals surface area contributed by atoms with Gasteiger partial charge in [-0.3, -0.25) is 4.79 Å². The second-order valence-corrected chi connectivity index (χ2v) is 5.47. The molecule has 2 aromatic rings. The minimum absolute atomic E-state index is 0.0233. The number of hydrogen-bond acceptors (Lipinski definition) is 3. The number of carbonyl (C=O) groups excluding carboxylic acids is 1. The van der Waals surface area contributed by atoms with Crippen LogP contribution in [-0.2, 0) is 11.3 Å². The lowest BCUT2D eigenvalue weighted by Crippen LogP contribution is -2.24. The molecule has 1 N–H and O–H groups in total. The molecule has 1 amide bonds. The summed E-state index contributed by atoms with van der Waals surface area (Å²) in [5.41, 5.74) is 0.998. The molecule has 0 spiro atoms. The fourth-order valence-electron chi connectivity index (χ4n) is 1.86. The van der Waals surface area contributed by atoms with E-state index in [2.05, 4.69) is 5.32 Å². The molecule has 0 aromatic heterocycles. The molecule has 0 saturated heterocycles. The normalized spacial score (nSPS) is 10.1. The molecule has 2 aromatic carbocycles. The van der Waals surface area contributed by atoms with Crippen LogP contribution in [0.1, 0.15) is 12.5 Å². The van der Waals surface area contributed by atoms with Gasteiger partial charge in [0.15, 0.2) is 0 Å². The average molecular weight is 301 g/mol. The predicted molar refractivity (Wildman–Crippen MR) is 86.6 cm³/mol. The topological polar surface area (TPSA) is 38.3 Å². The Morgan fingerprint density at radius 2 is 1.81 bits per heavy atom. The lowest BCUT2D eigenvalue weighted by molar-refractivity contribution is -0.118. The van der Waals surface area contributed by atoms with E-state index in [1.807, 2.05) is 61.5 Å². The summed E-state index contributed by atoms with van der Waals surface area (Å²) in [6, 6.07) is 17.7. The smallest absolute Gasteiger partial charge is 0.230 e. The van der Waals surface area contributed by atoms with Crippen molar-refractivity contribution in [3.8, 4) is 5.75 Å². The maximum Gasteiger partial charge on any atom is 0.230 e. The molecule has 0 saturated carbocycles. The van der Waals surface area contributed by atoms with E-state index in [4.69, 9.17) is 4.74 Å². The summed E-state index contributed by atoms with van der Waals surface area (Å²) in [5, 5.41) is 2.93. The molecule has 0 aliphatic heterocycles. The van der Waals surface area contributed by atoms with E-state index in [1.165, 1.54) is 11.8 Å². The largest absolute Gasteiger partial charge is 0.494 e. The van der Waals surface area contributed by atoms with E-state index in [-0.39, 0.29) is 5.91 Å². The summed E-state index contributed by atoms with van der Waals surface area (Å²) in [6.45, 7) is 3.06. The van der Waals surface area contributed by atoms with E-state index in [1.54, 1.807) is 0 Å². The Bertz CT molecular complexity index is 572.